The predicted molar refractivity (Wildman–Crippen MR) is 20.1 cm³/mol. The first kappa shape index (κ1) is 7.28. The van der Waals surface area contributed by atoms with E-state index < -0.39 is 0 Å². The third kappa shape index (κ3) is 2.46. The van der Waals surface area contributed by atoms with Crippen LogP contribution in [0.3, 0.4) is 0 Å². The quantitative estimate of drug-likeness (QED) is 0.643. The fourth-order valence-electron chi connectivity index (χ4n) is 0.510. The van der Waals surface area contributed by atoms with E-state index in [1.54, 1.807) is 0 Å². The van der Waals surface area contributed by atoms with Crippen molar-refractivity contribution < 1.29 is 44.7 Å². The van der Waals surface area contributed by atoms with Gasteiger partial charge in [0.1, 0.15) is 0 Å². The molecule has 0 aliphatic carbocycles. The van der Waals surface area contributed by atoms with Crippen molar-refractivity contribution in [1.29, 1.82) is 0 Å². The zero-order valence-electron chi connectivity index (χ0n) is 3.74. The van der Waals surface area contributed by atoms with Crippen LogP contribution in [0.1, 0.15) is 12.8 Å². The summed E-state index contributed by atoms with van der Waals surface area (Å²) in [4.78, 5) is 0. The Kier molecular flexibility index (Phi) is 5.40. The van der Waals surface area contributed by atoms with Gasteiger partial charge in [-0.3, -0.25) is 0 Å². The first-order valence-corrected chi connectivity index (χ1v) is 2.08. The van der Waals surface area contributed by atoms with E-state index >= 15 is 0 Å². The van der Waals surface area contributed by atoms with Crippen LogP contribution in [0.5, 0.6) is 0 Å². The van der Waals surface area contributed by atoms with Gasteiger partial charge in [-0.15, -0.1) is 0 Å². The van der Waals surface area contributed by atoms with E-state index in [0.29, 0.717) is 0 Å². The van der Waals surface area contributed by atoms with Crippen molar-refractivity contribution in [1.82, 2.24) is 0 Å². The van der Waals surface area contributed by atoms with Gasteiger partial charge < -0.3 is 4.74 Å². The van der Waals surface area contributed by atoms with E-state index in [2.05, 4.69) is 0 Å². The molecule has 2 heteroatoms. The smallest absolute Gasteiger partial charge is 0.0466 e. The molecular weight excluding hydrogens is 296 g/mol. The van der Waals surface area contributed by atoms with E-state index in [-0.39, 0.29) is 39.9 Å². The summed E-state index contributed by atoms with van der Waals surface area (Å²) in [5.41, 5.74) is 0. The first-order chi connectivity index (χ1) is 2.50. The Morgan fingerprint density at radius 1 is 1.00 bits per heavy atom. The van der Waals surface area contributed by atoms with Crippen molar-refractivity contribution >= 4 is 0 Å². The molecule has 0 saturated carbocycles. The third-order valence-electron chi connectivity index (χ3n) is 0.827. The molecule has 1 saturated heterocycles. The molecule has 0 aromatic rings. The topological polar surface area (TPSA) is 9.23 Å². The van der Waals surface area contributed by atoms with E-state index in [1.807, 2.05) is 0 Å². The van der Waals surface area contributed by atoms with Gasteiger partial charge in [-0.05, 0) is 12.8 Å². The van der Waals surface area contributed by atoms with Crippen LogP contribution in [-0.4, -0.2) is 13.2 Å². The Bertz CT molecular complexity index is 19.1. The molecule has 0 bridgehead atoms. The third-order valence-corrected chi connectivity index (χ3v) is 0.827. The molecule has 1 heterocycles. The average molecular weight is 304 g/mol. The summed E-state index contributed by atoms with van der Waals surface area (Å²) < 4.78 is 4.94. The molecule has 0 spiro atoms. The molecule has 0 aromatic carbocycles. The van der Waals surface area contributed by atoms with Gasteiger partial charge in [0.05, 0.1) is 0 Å². The second-order valence-corrected chi connectivity index (χ2v) is 1.32. The Morgan fingerprint density at radius 2 is 1.50 bits per heavy atom. The maximum absolute atomic E-state index is 4.94. The van der Waals surface area contributed by atoms with Crippen LogP contribution in [-0.2, 0) is 4.74 Å². The molecular formula is C4H8OTh. The molecule has 0 radical (unpaired) electrons. The van der Waals surface area contributed by atoms with Gasteiger partial charge in [0, 0.05) is 53.2 Å². The summed E-state index contributed by atoms with van der Waals surface area (Å²) in [5, 5.41) is 0. The van der Waals surface area contributed by atoms with Crippen LogP contribution in [0, 0.1) is 39.9 Å². The van der Waals surface area contributed by atoms with Crippen molar-refractivity contribution in [2.75, 3.05) is 13.2 Å². The molecule has 1 aliphatic heterocycles. The summed E-state index contributed by atoms with van der Waals surface area (Å²) >= 11 is 0. The van der Waals surface area contributed by atoms with E-state index in [4.69, 9.17) is 4.74 Å². The molecule has 1 fully saturated rings. The summed E-state index contributed by atoms with van der Waals surface area (Å²) in [6.45, 7) is 2.00. The van der Waals surface area contributed by atoms with Gasteiger partial charge in [0.2, 0.25) is 0 Å². The molecule has 0 N–H and O–H groups in total. The zero-order valence-corrected chi connectivity index (χ0v) is 7.85. The number of hydrogen-bond acceptors (Lipinski definition) is 1. The van der Waals surface area contributed by atoms with Gasteiger partial charge in [-0.1, -0.05) is 0 Å². The number of ether oxygens (including phenoxy) is 1. The Balaban J connectivity index is 0.000000250. The van der Waals surface area contributed by atoms with E-state index in [0.717, 1.165) is 13.2 Å². The van der Waals surface area contributed by atoms with Gasteiger partial charge in [0.25, 0.3) is 0 Å². The van der Waals surface area contributed by atoms with Crippen molar-refractivity contribution in [3.8, 4) is 0 Å². The van der Waals surface area contributed by atoms with E-state index in [9.17, 15) is 0 Å². The van der Waals surface area contributed by atoms with Gasteiger partial charge >= 0.3 is 0 Å². The minimum atomic E-state index is 0. The maximum atomic E-state index is 4.94. The zero-order chi connectivity index (χ0) is 3.54. The molecule has 0 amide bonds. The molecule has 0 atom stereocenters. The molecule has 1 aliphatic rings. The molecule has 0 aromatic heterocycles. The van der Waals surface area contributed by atoms with Crippen LogP contribution in [0.2, 0.25) is 0 Å². The van der Waals surface area contributed by atoms with Gasteiger partial charge in [-0.2, -0.15) is 0 Å². The summed E-state index contributed by atoms with van der Waals surface area (Å²) in [6.07, 6.45) is 2.56. The van der Waals surface area contributed by atoms with Crippen LogP contribution < -0.4 is 0 Å². The van der Waals surface area contributed by atoms with Gasteiger partial charge in [-0.25, -0.2) is 0 Å². The van der Waals surface area contributed by atoms with Crippen LogP contribution in [0.25, 0.3) is 0 Å². The van der Waals surface area contributed by atoms with Crippen LogP contribution in [0.4, 0.5) is 0 Å². The van der Waals surface area contributed by atoms with Crippen molar-refractivity contribution in [2.45, 2.75) is 12.8 Å². The SMILES string of the molecule is C1CCOC1.[Th]. The maximum Gasteiger partial charge on any atom is 0.0466 e. The average Bonchev–Trinajstić information content (AvgIpc) is 1.76. The molecule has 1 rings (SSSR count). The summed E-state index contributed by atoms with van der Waals surface area (Å²) in [6, 6.07) is 0. The fraction of sp³-hybridized carbons (Fsp3) is 1.00. The monoisotopic (exact) mass is 304 g/mol. The number of hydrogen-bond donors (Lipinski definition) is 0. The molecule has 0 unspecified atom stereocenters. The van der Waals surface area contributed by atoms with E-state index in [1.165, 1.54) is 12.8 Å². The predicted octanol–water partition coefficient (Wildman–Crippen LogP) is 0.797. The van der Waals surface area contributed by atoms with Crippen molar-refractivity contribution in [3.05, 3.63) is 0 Å². The first-order valence-electron chi connectivity index (χ1n) is 2.08. The minimum absolute atomic E-state index is 0. The number of rotatable bonds is 0. The summed E-state index contributed by atoms with van der Waals surface area (Å²) in [5.74, 6) is 0. The Labute approximate surface area is 70.1 Å². The standard InChI is InChI=1S/C4H8O.Th/c1-2-4-5-3-1;/h1-4H2;. The second kappa shape index (κ2) is 4.44. The minimum Gasteiger partial charge on any atom is -0.381 e. The summed E-state index contributed by atoms with van der Waals surface area (Å²) in [7, 11) is 0. The molecule has 6 heavy (non-hydrogen) atoms. The van der Waals surface area contributed by atoms with Gasteiger partial charge in [0.15, 0.2) is 0 Å². The molecule has 1 nitrogen and oxygen atoms in total. The van der Waals surface area contributed by atoms with Crippen molar-refractivity contribution in [2.24, 2.45) is 0 Å². The van der Waals surface area contributed by atoms with Crippen molar-refractivity contribution in [3.63, 3.8) is 0 Å². The fourth-order valence-corrected chi connectivity index (χ4v) is 0.510. The van der Waals surface area contributed by atoms with Crippen LogP contribution in [0.15, 0.2) is 0 Å². The normalized spacial score (nSPS) is 20.0. The second-order valence-electron chi connectivity index (χ2n) is 1.32. The largest absolute Gasteiger partial charge is 0.381 e. The molecule has 34 valence electrons. The Hall–Kier alpha value is 1.28. The Morgan fingerprint density at radius 3 is 1.67 bits per heavy atom. The van der Waals surface area contributed by atoms with Crippen LogP contribution >= 0.6 is 0 Å².